The van der Waals surface area contributed by atoms with Crippen molar-refractivity contribution in [3.05, 3.63) is 0 Å². The molecule has 1 amide bonds. The molecule has 2 aliphatic rings. The number of likely N-dealkylation sites (tertiary alicyclic amines) is 1. The Morgan fingerprint density at radius 2 is 1.94 bits per heavy atom. The fraction of sp³-hybridized carbons (Fsp3) is 0.818. The van der Waals surface area contributed by atoms with Crippen molar-refractivity contribution in [1.82, 2.24) is 10.2 Å². The van der Waals surface area contributed by atoms with Crippen molar-refractivity contribution in [2.75, 3.05) is 19.6 Å². The first kappa shape index (κ1) is 11.8. The second-order valence-corrected chi connectivity index (χ2v) is 5.32. The summed E-state index contributed by atoms with van der Waals surface area (Å²) in [5.74, 6) is 0.572. The maximum absolute atomic E-state index is 11.6. The second-order valence-electron chi connectivity index (χ2n) is 4.80. The van der Waals surface area contributed by atoms with Gasteiger partial charge in [0.25, 0.3) is 0 Å². The fourth-order valence-electron chi connectivity index (χ4n) is 2.12. The lowest BCUT2D eigenvalue weighted by Crippen LogP contribution is -2.46. The van der Waals surface area contributed by atoms with E-state index in [0.717, 1.165) is 38.8 Å². The minimum absolute atomic E-state index is 0.257. The van der Waals surface area contributed by atoms with Gasteiger partial charge in [-0.3, -0.25) is 9.69 Å². The van der Waals surface area contributed by atoms with Gasteiger partial charge in [-0.05, 0) is 25.7 Å². The van der Waals surface area contributed by atoms with Crippen LogP contribution in [0.2, 0.25) is 0 Å². The zero-order valence-electron chi connectivity index (χ0n) is 9.45. The summed E-state index contributed by atoms with van der Waals surface area (Å²) in [5, 5.41) is 3.12. The van der Waals surface area contributed by atoms with E-state index in [-0.39, 0.29) is 5.91 Å². The highest BCUT2D eigenvalue weighted by Gasteiger charge is 2.31. The predicted molar refractivity (Wildman–Crippen MR) is 67.1 cm³/mol. The molecule has 0 bridgehead atoms. The Morgan fingerprint density at radius 1 is 1.31 bits per heavy atom. The number of thiocarbonyl (C=S) groups is 1. The normalized spacial score (nSPS) is 23.0. The second kappa shape index (κ2) is 5.10. The summed E-state index contributed by atoms with van der Waals surface area (Å²) in [7, 11) is 0. The van der Waals surface area contributed by atoms with E-state index in [4.69, 9.17) is 18.0 Å². The molecule has 0 aromatic heterocycles. The molecule has 2 fully saturated rings. The van der Waals surface area contributed by atoms with Gasteiger partial charge in [-0.2, -0.15) is 0 Å². The summed E-state index contributed by atoms with van der Waals surface area (Å²) in [5.41, 5.74) is 5.51. The van der Waals surface area contributed by atoms with Crippen LogP contribution < -0.4 is 11.1 Å². The molecule has 4 nitrogen and oxygen atoms in total. The number of nitrogens with one attached hydrogen (secondary N) is 1. The standard InChI is InChI=1S/C11H19N3OS/c12-10(16)7-14-5-3-9(4-6-14)13-11(15)8-1-2-8/h8-9H,1-7H2,(H2,12,16)(H,13,15). The number of hydrogen-bond acceptors (Lipinski definition) is 3. The van der Waals surface area contributed by atoms with Crippen LogP contribution in [0.25, 0.3) is 0 Å². The molecule has 0 unspecified atom stereocenters. The molecule has 0 radical (unpaired) electrons. The number of nitrogens with zero attached hydrogens (tertiary/aromatic N) is 1. The van der Waals surface area contributed by atoms with E-state index < -0.39 is 0 Å². The van der Waals surface area contributed by atoms with Gasteiger partial charge in [0.05, 0.1) is 4.99 Å². The molecule has 0 atom stereocenters. The van der Waals surface area contributed by atoms with Crippen molar-refractivity contribution >= 4 is 23.1 Å². The number of nitrogens with two attached hydrogens (primary N) is 1. The van der Waals surface area contributed by atoms with Gasteiger partial charge >= 0.3 is 0 Å². The lowest BCUT2D eigenvalue weighted by atomic mass is 10.0. The molecule has 1 heterocycles. The average molecular weight is 241 g/mol. The van der Waals surface area contributed by atoms with Gasteiger partial charge in [0, 0.05) is 31.6 Å². The first-order valence-corrected chi connectivity index (χ1v) is 6.37. The van der Waals surface area contributed by atoms with Gasteiger partial charge in [0.2, 0.25) is 5.91 Å². The van der Waals surface area contributed by atoms with Gasteiger partial charge in [0.1, 0.15) is 0 Å². The molecule has 0 aromatic rings. The summed E-state index contributed by atoms with van der Waals surface area (Å²) in [6, 6.07) is 0.357. The summed E-state index contributed by atoms with van der Waals surface area (Å²) in [4.78, 5) is 14.4. The molecule has 16 heavy (non-hydrogen) atoms. The average Bonchev–Trinajstić information content (AvgIpc) is 3.03. The van der Waals surface area contributed by atoms with Crippen LogP contribution in [0.4, 0.5) is 0 Å². The zero-order chi connectivity index (χ0) is 11.5. The maximum atomic E-state index is 11.6. The summed E-state index contributed by atoms with van der Waals surface area (Å²) >= 11 is 4.88. The van der Waals surface area contributed by atoms with Crippen molar-refractivity contribution in [3.63, 3.8) is 0 Å². The van der Waals surface area contributed by atoms with Crippen LogP contribution >= 0.6 is 12.2 Å². The highest BCUT2D eigenvalue weighted by atomic mass is 32.1. The Balaban J connectivity index is 1.68. The molecule has 1 saturated heterocycles. The van der Waals surface area contributed by atoms with Gasteiger partial charge in [0.15, 0.2) is 0 Å². The molecule has 0 aromatic carbocycles. The number of rotatable bonds is 4. The Bertz CT molecular complexity index is 283. The van der Waals surface area contributed by atoms with Crippen LogP contribution in [0.5, 0.6) is 0 Å². The number of amides is 1. The van der Waals surface area contributed by atoms with Crippen molar-refractivity contribution in [1.29, 1.82) is 0 Å². The lowest BCUT2D eigenvalue weighted by molar-refractivity contribution is -0.123. The number of piperidine rings is 1. The van der Waals surface area contributed by atoms with Gasteiger partial charge in [-0.1, -0.05) is 12.2 Å². The van der Waals surface area contributed by atoms with Gasteiger partial charge in [-0.15, -0.1) is 0 Å². The molecular formula is C11H19N3OS. The Kier molecular flexibility index (Phi) is 3.76. The van der Waals surface area contributed by atoms with Crippen molar-refractivity contribution < 1.29 is 4.79 Å². The molecule has 1 aliphatic heterocycles. The van der Waals surface area contributed by atoms with Crippen LogP contribution in [0.3, 0.4) is 0 Å². The number of hydrogen-bond donors (Lipinski definition) is 2. The highest BCUT2D eigenvalue weighted by Crippen LogP contribution is 2.29. The highest BCUT2D eigenvalue weighted by molar-refractivity contribution is 7.80. The molecule has 5 heteroatoms. The van der Waals surface area contributed by atoms with Crippen molar-refractivity contribution in [2.45, 2.75) is 31.7 Å². The van der Waals surface area contributed by atoms with Crippen LogP contribution in [-0.2, 0) is 4.79 Å². The van der Waals surface area contributed by atoms with Crippen LogP contribution in [0.15, 0.2) is 0 Å². The minimum Gasteiger partial charge on any atom is -0.392 e. The molecule has 90 valence electrons. The first-order chi connectivity index (χ1) is 7.65. The Labute approximate surface area is 102 Å². The zero-order valence-corrected chi connectivity index (χ0v) is 10.3. The summed E-state index contributed by atoms with van der Waals surface area (Å²) in [6.07, 6.45) is 4.18. The lowest BCUT2D eigenvalue weighted by Gasteiger charge is -2.31. The van der Waals surface area contributed by atoms with E-state index in [0.29, 0.717) is 23.5 Å². The van der Waals surface area contributed by atoms with Crippen LogP contribution in [-0.4, -0.2) is 41.5 Å². The van der Waals surface area contributed by atoms with Crippen LogP contribution in [0.1, 0.15) is 25.7 Å². The monoisotopic (exact) mass is 241 g/mol. The maximum Gasteiger partial charge on any atom is 0.223 e. The molecule has 3 N–H and O–H groups in total. The van der Waals surface area contributed by atoms with E-state index in [1.165, 1.54) is 0 Å². The topological polar surface area (TPSA) is 58.4 Å². The summed E-state index contributed by atoms with van der Waals surface area (Å²) in [6.45, 7) is 2.67. The van der Waals surface area contributed by atoms with Crippen LogP contribution in [0, 0.1) is 5.92 Å². The van der Waals surface area contributed by atoms with E-state index in [9.17, 15) is 4.79 Å². The molecule has 1 saturated carbocycles. The quantitative estimate of drug-likeness (QED) is 0.693. The van der Waals surface area contributed by atoms with Crippen molar-refractivity contribution in [3.8, 4) is 0 Å². The van der Waals surface area contributed by atoms with E-state index in [1.807, 2.05) is 0 Å². The third kappa shape index (κ3) is 3.42. The largest absolute Gasteiger partial charge is 0.392 e. The van der Waals surface area contributed by atoms with Gasteiger partial charge in [-0.25, -0.2) is 0 Å². The molecule has 0 spiro atoms. The first-order valence-electron chi connectivity index (χ1n) is 5.96. The molecular weight excluding hydrogens is 222 g/mol. The van der Waals surface area contributed by atoms with Crippen molar-refractivity contribution in [2.24, 2.45) is 11.7 Å². The molecule has 2 rings (SSSR count). The van der Waals surface area contributed by atoms with E-state index in [2.05, 4.69) is 10.2 Å². The smallest absolute Gasteiger partial charge is 0.223 e. The molecule has 1 aliphatic carbocycles. The predicted octanol–water partition coefficient (Wildman–Crippen LogP) is 0.263. The SMILES string of the molecule is NC(=S)CN1CCC(NC(=O)C2CC2)CC1. The minimum atomic E-state index is 0.257. The summed E-state index contributed by atoms with van der Waals surface area (Å²) < 4.78 is 0. The van der Waals surface area contributed by atoms with E-state index in [1.54, 1.807) is 0 Å². The third-order valence-electron chi connectivity index (χ3n) is 3.26. The number of carbonyl (C=O) groups excluding carboxylic acids is 1. The van der Waals surface area contributed by atoms with Gasteiger partial charge < -0.3 is 11.1 Å². The van der Waals surface area contributed by atoms with E-state index >= 15 is 0 Å². The Hall–Kier alpha value is -0.680. The third-order valence-corrected chi connectivity index (χ3v) is 3.39. The fourth-order valence-corrected chi connectivity index (χ4v) is 2.30. The Morgan fingerprint density at radius 3 is 2.44 bits per heavy atom. The number of carbonyl (C=O) groups is 1.